The Morgan fingerprint density at radius 1 is 1.38 bits per heavy atom. The Labute approximate surface area is 103 Å². The Morgan fingerprint density at radius 2 is 2.25 bits per heavy atom. The largest absolute Gasteiger partial charge is 0.348 e. The lowest BCUT2D eigenvalue weighted by Crippen LogP contribution is -2.14. The van der Waals surface area contributed by atoms with Gasteiger partial charge in [-0.05, 0) is 30.2 Å². The predicted molar refractivity (Wildman–Crippen MR) is 68.0 cm³/mol. The van der Waals surface area contributed by atoms with Crippen molar-refractivity contribution in [3.63, 3.8) is 0 Å². The van der Waals surface area contributed by atoms with Gasteiger partial charge in [-0.25, -0.2) is 4.98 Å². The summed E-state index contributed by atoms with van der Waals surface area (Å²) in [5.74, 6) is 0.967. The quantitative estimate of drug-likeness (QED) is 0.904. The minimum absolute atomic E-state index is 0.766. The second-order valence-corrected chi connectivity index (χ2v) is 4.63. The zero-order valence-electron chi connectivity index (χ0n) is 9.13. The first-order valence-electron chi connectivity index (χ1n) is 5.20. The number of nitrogens with zero attached hydrogens (tertiary/aromatic N) is 1. The van der Waals surface area contributed by atoms with Gasteiger partial charge in [0.25, 0.3) is 0 Å². The van der Waals surface area contributed by atoms with Gasteiger partial charge in [0.2, 0.25) is 0 Å². The number of H-pyrrole nitrogens is 1. The molecule has 0 aliphatic rings. The van der Waals surface area contributed by atoms with Crippen LogP contribution in [0, 0.1) is 6.92 Å². The molecule has 16 heavy (non-hydrogen) atoms. The van der Waals surface area contributed by atoms with Gasteiger partial charge in [0.05, 0.1) is 6.54 Å². The molecule has 84 valence electrons. The molecular weight excluding hydrogens is 266 g/mol. The summed E-state index contributed by atoms with van der Waals surface area (Å²) < 4.78 is 1.12. The van der Waals surface area contributed by atoms with Gasteiger partial charge in [-0.3, -0.25) is 0 Å². The smallest absolute Gasteiger partial charge is 0.120 e. The van der Waals surface area contributed by atoms with Crippen LogP contribution in [0.2, 0.25) is 0 Å². The Kier molecular flexibility index (Phi) is 3.74. The van der Waals surface area contributed by atoms with E-state index in [0.717, 1.165) is 23.4 Å². The van der Waals surface area contributed by atoms with E-state index in [1.807, 2.05) is 6.20 Å². The van der Waals surface area contributed by atoms with Crippen LogP contribution in [0.25, 0.3) is 0 Å². The first-order valence-corrected chi connectivity index (χ1v) is 5.99. The van der Waals surface area contributed by atoms with Crippen molar-refractivity contribution in [1.29, 1.82) is 0 Å². The Bertz CT molecular complexity index is 451. The molecule has 0 spiro atoms. The molecule has 0 amide bonds. The normalized spacial score (nSPS) is 10.6. The zero-order chi connectivity index (χ0) is 11.4. The van der Waals surface area contributed by atoms with Gasteiger partial charge in [-0.15, -0.1) is 0 Å². The summed E-state index contributed by atoms with van der Waals surface area (Å²) in [4.78, 5) is 7.22. The molecule has 0 saturated heterocycles. The van der Waals surface area contributed by atoms with Crippen LogP contribution in [0.5, 0.6) is 0 Å². The molecule has 3 nitrogen and oxygen atoms in total. The molecular formula is C12H14BrN3. The number of hydrogen-bond donors (Lipinski definition) is 2. The molecule has 0 saturated carbocycles. The van der Waals surface area contributed by atoms with Crippen LogP contribution in [-0.4, -0.2) is 9.97 Å². The van der Waals surface area contributed by atoms with E-state index >= 15 is 0 Å². The highest BCUT2D eigenvalue weighted by Crippen LogP contribution is 2.15. The summed E-state index contributed by atoms with van der Waals surface area (Å²) >= 11 is 3.46. The molecule has 0 radical (unpaired) electrons. The minimum Gasteiger partial charge on any atom is -0.348 e. The number of benzene rings is 1. The molecule has 0 bridgehead atoms. The van der Waals surface area contributed by atoms with E-state index in [-0.39, 0.29) is 0 Å². The van der Waals surface area contributed by atoms with E-state index in [1.165, 1.54) is 11.1 Å². The summed E-state index contributed by atoms with van der Waals surface area (Å²) in [6.07, 6.45) is 3.60. The summed E-state index contributed by atoms with van der Waals surface area (Å²) in [5, 5.41) is 3.36. The molecule has 1 heterocycles. The van der Waals surface area contributed by atoms with Crippen LogP contribution in [0.1, 0.15) is 17.0 Å². The fourth-order valence-corrected chi connectivity index (χ4v) is 2.04. The van der Waals surface area contributed by atoms with Crippen LogP contribution in [0.15, 0.2) is 35.1 Å². The number of imidazole rings is 1. The highest BCUT2D eigenvalue weighted by atomic mass is 79.9. The minimum atomic E-state index is 0.766. The van der Waals surface area contributed by atoms with Crippen LogP contribution in [0.3, 0.4) is 0 Å². The van der Waals surface area contributed by atoms with Crippen LogP contribution >= 0.6 is 15.9 Å². The maximum atomic E-state index is 4.16. The summed E-state index contributed by atoms with van der Waals surface area (Å²) in [6, 6.07) is 6.33. The van der Waals surface area contributed by atoms with Crippen molar-refractivity contribution < 1.29 is 0 Å². The first-order chi connectivity index (χ1) is 7.75. The van der Waals surface area contributed by atoms with Gasteiger partial charge in [-0.2, -0.15) is 0 Å². The van der Waals surface area contributed by atoms with E-state index in [0.29, 0.717) is 0 Å². The van der Waals surface area contributed by atoms with Crippen molar-refractivity contribution in [3.05, 3.63) is 52.0 Å². The molecule has 2 aromatic rings. The molecule has 0 atom stereocenters. The third-order valence-corrected chi connectivity index (χ3v) is 2.96. The third-order valence-electron chi connectivity index (χ3n) is 2.47. The van der Waals surface area contributed by atoms with Crippen molar-refractivity contribution >= 4 is 15.9 Å². The number of rotatable bonds is 4. The van der Waals surface area contributed by atoms with Gasteiger partial charge < -0.3 is 10.3 Å². The second kappa shape index (κ2) is 5.27. The molecule has 0 unspecified atom stereocenters. The highest BCUT2D eigenvalue weighted by Gasteiger charge is 1.99. The second-order valence-electron chi connectivity index (χ2n) is 3.71. The van der Waals surface area contributed by atoms with Crippen LogP contribution in [0.4, 0.5) is 0 Å². The average molecular weight is 280 g/mol. The topological polar surface area (TPSA) is 40.7 Å². The number of aromatic nitrogens is 2. The molecule has 2 N–H and O–H groups in total. The van der Waals surface area contributed by atoms with Crippen molar-refractivity contribution in [2.75, 3.05) is 0 Å². The van der Waals surface area contributed by atoms with Crippen molar-refractivity contribution in [2.24, 2.45) is 0 Å². The number of aryl methyl sites for hydroxylation is 1. The van der Waals surface area contributed by atoms with E-state index < -0.39 is 0 Å². The maximum Gasteiger partial charge on any atom is 0.120 e. The maximum absolute atomic E-state index is 4.16. The third kappa shape index (κ3) is 2.93. The average Bonchev–Trinajstić information content (AvgIpc) is 2.74. The van der Waals surface area contributed by atoms with Gasteiger partial charge in [-0.1, -0.05) is 22.0 Å². The van der Waals surface area contributed by atoms with E-state index in [4.69, 9.17) is 0 Å². The number of aromatic amines is 1. The number of nitrogens with one attached hydrogen (secondary N) is 2. The van der Waals surface area contributed by atoms with E-state index in [1.54, 1.807) is 6.20 Å². The lowest BCUT2D eigenvalue weighted by molar-refractivity contribution is 0.666. The van der Waals surface area contributed by atoms with Crippen LogP contribution in [-0.2, 0) is 13.1 Å². The standard InChI is InChI=1S/C12H14BrN3/c1-9-6-11(13)3-2-10(9)7-14-8-12-15-4-5-16-12/h2-6,14H,7-8H2,1H3,(H,15,16). The molecule has 0 aliphatic heterocycles. The lowest BCUT2D eigenvalue weighted by Gasteiger charge is -2.07. The monoisotopic (exact) mass is 279 g/mol. The molecule has 1 aromatic heterocycles. The van der Waals surface area contributed by atoms with Gasteiger partial charge >= 0.3 is 0 Å². The fourth-order valence-electron chi connectivity index (χ4n) is 1.57. The number of hydrogen-bond acceptors (Lipinski definition) is 2. The Morgan fingerprint density at radius 3 is 2.94 bits per heavy atom. The predicted octanol–water partition coefficient (Wildman–Crippen LogP) is 2.77. The van der Waals surface area contributed by atoms with Gasteiger partial charge in [0, 0.05) is 23.4 Å². The lowest BCUT2D eigenvalue weighted by atomic mass is 10.1. The van der Waals surface area contributed by atoms with E-state index in [2.05, 4.69) is 56.3 Å². The van der Waals surface area contributed by atoms with Crippen LogP contribution < -0.4 is 5.32 Å². The fraction of sp³-hybridized carbons (Fsp3) is 0.250. The SMILES string of the molecule is Cc1cc(Br)ccc1CNCc1ncc[nH]1. The Hall–Kier alpha value is -1.13. The molecule has 1 aromatic carbocycles. The van der Waals surface area contributed by atoms with Gasteiger partial charge in [0.1, 0.15) is 5.82 Å². The molecule has 0 fully saturated rings. The van der Waals surface area contributed by atoms with Crippen molar-refractivity contribution in [1.82, 2.24) is 15.3 Å². The molecule has 4 heteroatoms. The Balaban J connectivity index is 1.90. The molecule has 0 aliphatic carbocycles. The summed E-state index contributed by atoms with van der Waals surface area (Å²) in [5.41, 5.74) is 2.61. The van der Waals surface area contributed by atoms with Crippen molar-refractivity contribution in [3.8, 4) is 0 Å². The van der Waals surface area contributed by atoms with E-state index in [9.17, 15) is 0 Å². The zero-order valence-corrected chi connectivity index (χ0v) is 10.7. The summed E-state index contributed by atoms with van der Waals surface area (Å²) in [6.45, 7) is 3.75. The number of halogens is 1. The molecule has 2 rings (SSSR count). The van der Waals surface area contributed by atoms with Gasteiger partial charge in [0.15, 0.2) is 0 Å². The van der Waals surface area contributed by atoms with Crippen molar-refractivity contribution in [2.45, 2.75) is 20.0 Å². The first kappa shape index (κ1) is 11.4. The summed E-state index contributed by atoms with van der Waals surface area (Å²) in [7, 11) is 0. The highest BCUT2D eigenvalue weighted by molar-refractivity contribution is 9.10.